The van der Waals surface area contributed by atoms with Gasteiger partial charge in [-0.25, -0.2) is 8.42 Å². The van der Waals surface area contributed by atoms with Gasteiger partial charge in [-0.3, -0.25) is 4.79 Å². The standard InChI is InChI=1S/C20H20N2O4S/c1-14-6-8-15(9-7-14)21-18-16-4-2-3-5-17(16)27(24,25)19(18)20(23)22-10-12-26-13-11-22/h2-9,21H,10-13H2,1H3. The minimum atomic E-state index is -3.89. The normalized spacial score (nSPS) is 18.3. The average molecular weight is 384 g/mol. The minimum Gasteiger partial charge on any atom is -0.378 e. The summed E-state index contributed by atoms with van der Waals surface area (Å²) in [6.45, 7) is 3.56. The average Bonchev–Trinajstić information content (AvgIpc) is 2.91. The molecule has 1 fully saturated rings. The van der Waals surface area contributed by atoms with Gasteiger partial charge in [0.05, 0.1) is 23.8 Å². The Labute approximate surface area is 158 Å². The Kier molecular flexibility index (Phi) is 4.49. The molecule has 4 rings (SSSR count). The molecule has 0 saturated carbocycles. The van der Waals surface area contributed by atoms with Crippen molar-refractivity contribution in [3.05, 3.63) is 64.6 Å². The zero-order valence-corrected chi connectivity index (χ0v) is 15.8. The summed E-state index contributed by atoms with van der Waals surface area (Å²) in [7, 11) is -3.89. The van der Waals surface area contributed by atoms with E-state index in [1.807, 2.05) is 31.2 Å². The molecule has 0 atom stereocenters. The molecule has 0 aromatic heterocycles. The van der Waals surface area contributed by atoms with Crippen LogP contribution >= 0.6 is 0 Å². The number of nitrogens with zero attached hydrogens (tertiary/aromatic N) is 1. The van der Waals surface area contributed by atoms with Gasteiger partial charge in [-0.15, -0.1) is 0 Å². The number of rotatable bonds is 3. The lowest BCUT2D eigenvalue weighted by Crippen LogP contribution is -2.42. The highest BCUT2D eigenvalue weighted by molar-refractivity contribution is 7.97. The Morgan fingerprint density at radius 2 is 1.70 bits per heavy atom. The number of ether oxygens (including phenoxy) is 1. The Morgan fingerprint density at radius 3 is 2.41 bits per heavy atom. The molecule has 0 aliphatic carbocycles. The summed E-state index contributed by atoms with van der Waals surface area (Å²) in [4.78, 5) is 14.6. The number of aryl methyl sites for hydroxylation is 1. The van der Waals surface area contributed by atoms with E-state index in [-0.39, 0.29) is 9.80 Å². The van der Waals surface area contributed by atoms with Gasteiger partial charge < -0.3 is 15.0 Å². The van der Waals surface area contributed by atoms with Crippen molar-refractivity contribution in [3.63, 3.8) is 0 Å². The number of sulfone groups is 1. The van der Waals surface area contributed by atoms with E-state index in [1.165, 1.54) is 0 Å². The Morgan fingerprint density at radius 1 is 1.04 bits per heavy atom. The van der Waals surface area contributed by atoms with Crippen LogP contribution < -0.4 is 5.32 Å². The second kappa shape index (κ2) is 6.83. The lowest BCUT2D eigenvalue weighted by Gasteiger charge is -2.27. The quantitative estimate of drug-likeness (QED) is 0.880. The summed E-state index contributed by atoms with van der Waals surface area (Å²) >= 11 is 0. The van der Waals surface area contributed by atoms with Crippen LogP contribution in [-0.2, 0) is 19.4 Å². The predicted molar refractivity (Wildman–Crippen MR) is 103 cm³/mol. The van der Waals surface area contributed by atoms with Crippen molar-refractivity contribution in [1.82, 2.24) is 4.90 Å². The van der Waals surface area contributed by atoms with E-state index in [4.69, 9.17) is 4.74 Å². The fourth-order valence-electron chi connectivity index (χ4n) is 3.31. The predicted octanol–water partition coefficient (Wildman–Crippen LogP) is 2.42. The second-order valence-corrected chi connectivity index (χ2v) is 8.45. The molecule has 0 bridgehead atoms. The van der Waals surface area contributed by atoms with Gasteiger partial charge in [-0.2, -0.15) is 0 Å². The van der Waals surface area contributed by atoms with Gasteiger partial charge in [0.15, 0.2) is 4.91 Å². The number of hydrogen-bond acceptors (Lipinski definition) is 5. The van der Waals surface area contributed by atoms with Crippen molar-refractivity contribution >= 4 is 27.1 Å². The number of benzene rings is 2. The van der Waals surface area contributed by atoms with Crippen LogP contribution in [0, 0.1) is 6.92 Å². The zero-order chi connectivity index (χ0) is 19.0. The van der Waals surface area contributed by atoms with Crippen molar-refractivity contribution in [2.45, 2.75) is 11.8 Å². The van der Waals surface area contributed by atoms with E-state index in [9.17, 15) is 13.2 Å². The van der Waals surface area contributed by atoms with Crippen LogP contribution in [0.1, 0.15) is 11.1 Å². The minimum absolute atomic E-state index is 0.163. The molecule has 1 amide bonds. The van der Waals surface area contributed by atoms with Crippen LogP contribution in [0.3, 0.4) is 0 Å². The largest absolute Gasteiger partial charge is 0.378 e. The van der Waals surface area contributed by atoms with Crippen LogP contribution in [0.4, 0.5) is 5.69 Å². The van der Waals surface area contributed by atoms with Crippen LogP contribution in [0.15, 0.2) is 58.3 Å². The fourth-order valence-corrected chi connectivity index (χ4v) is 5.04. The molecule has 2 aliphatic rings. The fraction of sp³-hybridized carbons (Fsp3) is 0.250. The number of morpholine rings is 1. The van der Waals surface area contributed by atoms with Crippen LogP contribution in [-0.4, -0.2) is 45.5 Å². The third-order valence-electron chi connectivity index (χ3n) is 4.76. The SMILES string of the molecule is Cc1ccc(NC2=C(C(=O)N3CCOCC3)S(=O)(=O)c3ccccc32)cc1. The summed E-state index contributed by atoms with van der Waals surface area (Å²) in [5.74, 6) is -0.482. The highest BCUT2D eigenvalue weighted by atomic mass is 32.2. The van der Waals surface area contributed by atoms with Gasteiger partial charge in [-0.1, -0.05) is 35.9 Å². The van der Waals surface area contributed by atoms with E-state index in [0.717, 1.165) is 11.3 Å². The zero-order valence-electron chi connectivity index (χ0n) is 14.9. The lowest BCUT2D eigenvalue weighted by atomic mass is 10.1. The molecule has 0 unspecified atom stereocenters. The van der Waals surface area contributed by atoms with Crippen molar-refractivity contribution in [3.8, 4) is 0 Å². The molecule has 1 N–H and O–H groups in total. The molecule has 140 valence electrons. The molecule has 2 aromatic carbocycles. The van der Waals surface area contributed by atoms with Crippen LogP contribution in [0.5, 0.6) is 0 Å². The third kappa shape index (κ3) is 3.13. The van der Waals surface area contributed by atoms with E-state index in [0.29, 0.717) is 37.6 Å². The maximum Gasteiger partial charge on any atom is 0.268 e. The summed E-state index contributed by atoms with van der Waals surface area (Å²) in [6.07, 6.45) is 0. The van der Waals surface area contributed by atoms with E-state index in [2.05, 4.69) is 5.32 Å². The molecule has 27 heavy (non-hydrogen) atoms. The monoisotopic (exact) mass is 384 g/mol. The summed E-state index contributed by atoms with van der Waals surface area (Å²) < 4.78 is 31.6. The molecule has 0 spiro atoms. The van der Waals surface area contributed by atoms with Gasteiger partial charge in [0, 0.05) is 24.3 Å². The van der Waals surface area contributed by atoms with Gasteiger partial charge in [0.25, 0.3) is 5.91 Å². The summed E-state index contributed by atoms with van der Waals surface area (Å²) in [5.41, 5.74) is 2.69. The first kappa shape index (κ1) is 17.8. The maximum absolute atomic E-state index is 13.1. The van der Waals surface area contributed by atoms with E-state index >= 15 is 0 Å². The molecule has 2 aliphatic heterocycles. The number of nitrogens with one attached hydrogen (secondary N) is 1. The number of anilines is 1. The molecule has 0 radical (unpaired) electrons. The highest BCUT2D eigenvalue weighted by Crippen LogP contribution is 2.40. The van der Waals surface area contributed by atoms with E-state index < -0.39 is 15.7 Å². The smallest absolute Gasteiger partial charge is 0.268 e. The number of carbonyl (C=O) groups excluding carboxylic acids is 1. The Bertz CT molecular complexity index is 1020. The topological polar surface area (TPSA) is 75.7 Å². The molecule has 1 saturated heterocycles. The first-order valence-electron chi connectivity index (χ1n) is 8.78. The van der Waals surface area contributed by atoms with Gasteiger partial charge in [0.2, 0.25) is 9.84 Å². The molecule has 6 nitrogen and oxygen atoms in total. The molecule has 2 aromatic rings. The summed E-state index contributed by atoms with van der Waals surface area (Å²) in [6, 6.07) is 14.3. The highest BCUT2D eigenvalue weighted by Gasteiger charge is 2.41. The molecule has 7 heteroatoms. The van der Waals surface area contributed by atoms with Crippen LogP contribution in [0.25, 0.3) is 5.70 Å². The lowest BCUT2D eigenvalue weighted by molar-refractivity contribution is -0.130. The molecular formula is C20H20N2O4S. The third-order valence-corrected chi connectivity index (χ3v) is 6.61. The summed E-state index contributed by atoms with van der Waals surface area (Å²) in [5, 5.41) is 3.17. The molecular weight excluding hydrogens is 364 g/mol. The number of hydrogen-bond donors (Lipinski definition) is 1. The first-order chi connectivity index (χ1) is 13.0. The Balaban J connectivity index is 1.83. The number of fused-ring (bicyclic) bond motifs is 1. The van der Waals surface area contributed by atoms with Crippen molar-refractivity contribution in [2.75, 3.05) is 31.6 Å². The van der Waals surface area contributed by atoms with Crippen molar-refractivity contribution < 1.29 is 17.9 Å². The second-order valence-electron chi connectivity index (χ2n) is 6.60. The molecule has 2 heterocycles. The number of amides is 1. The number of carbonyl (C=O) groups is 1. The van der Waals surface area contributed by atoms with Crippen molar-refractivity contribution in [1.29, 1.82) is 0 Å². The van der Waals surface area contributed by atoms with Crippen molar-refractivity contribution in [2.24, 2.45) is 0 Å². The first-order valence-corrected chi connectivity index (χ1v) is 10.3. The van der Waals surface area contributed by atoms with Crippen LogP contribution in [0.2, 0.25) is 0 Å². The Hall–Kier alpha value is -2.64. The maximum atomic E-state index is 13.1. The van der Waals surface area contributed by atoms with Gasteiger partial charge in [-0.05, 0) is 25.1 Å². The van der Waals surface area contributed by atoms with Gasteiger partial charge >= 0.3 is 0 Å². The van der Waals surface area contributed by atoms with E-state index in [1.54, 1.807) is 29.2 Å². The van der Waals surface area contributed by atoms with Gasteiger partial charge in [0.1, 0.15) is 0 Å².